The van der Waals surface area contributed by atoms with Crippen molar-refractivity contribution in [2.75, 3.05) is 0 Å². The molecule has 0 saturated heterocycles. The third-order valence-electron chi connectivity index (χ3n) is 12.3. The van der Waals surface area contributed by atoms with Crippen molar-refractivity contribution in [3.8, 4) is 73.5 Å². The molecule has 65 heavy (non-hydrogen) atoms. The summed E-state index contributed by atoms with van der Waals surface area (Å²) in [5, 5.41) is 4.63. The van der Waals surface area contributed by atoms with Gasteiger partial charge in [0.2, 0.25) is 0 Å². The summed E-state index contributed by atoms with van der Waals surface area (Å²) in [4.78, 5) is 20.3. The zero-order chi connectivity index (χ0) is 42.8. The SMILES string of the molecule is c1ccc(-c2nc(-c3cccc(-c4cccc5c4sc4ccc(-c6ccc(-c7nc8ccccc8n7-c7ccccc7)cc6)cc45)c3)nc(-c3ccc4c(c3)oc3ccccc34)n2)cc1. The summed E-state index contributed by atoms with van der Waals surface area (Å²) in [6.07, 6.45) is 0. The second kappa shape index (κ2) is 15.1. The predicted molar refractivity (Wildman–Crippen MR) is 267 cm³/mol. The average Bonchev–Trinajstić information content (AvgIpc) is 4.08. The molecule has 6 nitrogen and oxygen atoms in total. The lowest BCUT2D eigenvalue weighted by Crippen LogP contribution is -2.00. The van der Waals surface area contributed by atoms with E-state index < -0.39 is 0 Å². The summed E-state index contributed by atoms with van der Waals surface area (Å²) in [7, 11) is 0. The van der Waals surface area contributed by atoms with Crippen molar-refractivity contribution in [2.24, 2.45) is 0 Å². The minimum absolute atomic E-state index is 0.589. The van der Waals surface area contributed by atoms with Crippen molar-refractivity contribution >= 4 is 64.5 Å². The zero-order valence-corrected chi connectivity index (χ0v) is 35.6. The minimum atomic E-state index is 0.589. The maximum Gasteiger partial charge on any atom is 0.164 e. The third-order valence-corrected chi connectivity index (χ3v) is 13.5. The van der Waals surface area contributed by atoms with Crippen molar-refractivity contribution in [3.63, 3.8) is 0 Å². The Morgan fingerprint density at radius 3 is 1.83 bits per heavy atom. The molecular formula is C58H35N5OS. The molecule has 4 aromatic heterocycles. The van der Waals surface area contributed by atoms with E-state index >= 15 is 0 Å². The molecule has 4 heterocycles. The smallest absolute Gasteiger partial charge is 0.164 e. The number of thiophene rings is 1. The van der Waals surface area contributed by atoms with E-state index in [-0.39, 0.29) is 0 Å². The normalized spacial score (nSPS) is 11.7. The standard InChI is InChI=1S/C58H35N5OS/c1-3-13-37(14-4-1)55-60-56(62-57(61-55)42-29-31-46-45-19-7-10-24-51(45)64-52(46)35-42)41-16-11-15-40(33-41)44-20-12-21-47-48-34-39(30-32-53(48)65-54(44)47)36-25-27-38(28-26-36)58-59-49-22-8-9-23-50(49)63(58)43-17-5-2-6-18-43/h1-35H. The largest absolute Gasteiger partial charge is 0.456 e. The number of imidazole rings is 1. The van der Waals surface area contributed by atoms with Gasteiger partial charge in [-0.05, 0) is 82.9 Å². The molecule has 0 N–H and O–H groups in total. The zero-order valence-electron chi connectivity index (χ0n) is 34.8. The van der Waals surface area contributed by atoms with Gasteiger partial charge in [-0.3, -0.25) is 4.57 Å². The number of furan rings is 1. The van der Waals surface area contributed by atoms with Gasteiger partial charge in [-0.15, -0.1) is 11.3 Å². The number of hydrogen-bond acceptors (Lipinski definition) is 6. The lowest BCUT2D eigenvalue weighted by atomic mass is 9.98. The molecule has 0 aliphatic heterocycles. The van der Waals surface area contributed by atoms with Crippen LogP contribution in [0.1, 0.15) is 0 Å². The van der Waals surface area contributed by atoms with Crippen molar-refractivity contribution in [1.29, 1.82) is 0 Å². The highest BCUT2D eigenvalue weighted by atomic mass is 32.1. The molecule has 0 aliphatic carbocycles. The fraction of sp³-hybridized carbons (Fsp3) is 0. The first-order valence-electron chi connectivity index (χ1n) is 21.6. The van der Waals surface area contributed by atoms with E-state index in [1.807, 2.05) is 78.1 Å². The van der Waals surface area contributed by atoms with Crippen LogP contribution in [-0.2, 0) is 0 Å². The molecule has 0 amide bonds. The number of benzene rings is 9. The van der Waals surface area contributed by atoms with E-state index in [0.717, 1.165) is 77.9 Å². The lowest BCUT2D eigenvalue weighted by molar-refractivity contribution is 0.669. The van der Waals surface area contributed by atoms with Crippen LogP contribution in [0.4, 0.5) is 0 Å². The van der Waals surface area contributed by atoms with Crippen LogP contribution in [0, 0.1) is 0 Å². The number of para-hydroxylation sites is 4. The van der Waals surface area contributed by atoms with Gasteiger partial charge in [0.05, 0.1) is 11.0 Å². The van der Waals surface area contributed by atoms with Crippen molar-refractivity contribution < 1.29 is 4.42 Å². The highest BCUT2D eigenvalue weighted by Gasteiger charge is 2.18. The van der Waals surface area contributed by atoms with Gasteiger partial charge in [0.15, 0.2) is 17.5 Å². The van der Waals surface area contributed by atoms with Gasteiger partial charge < -0.3 is 4.42 Å². The second-order valence-corrected chi connectivity index (χ2v) is 17.3. The van der Waals surface area contributed by atoms with Crippen molar-refractivity contribution in [1.82, 2.24) is 24.5 Å². The molecule has 13 rings (SSSR count). The number of rotatable bonds is 7. The lowest BCUT2D eigenvalue weighted by Gasteiger charge is -2.10. The van der Waals surface area contributed by atoms with Crippen LogP contribution in [0.2, 0.25) is 0 Å². The van der Waals surface area contributed by atoms with E-state index in [4.69, 9.17) is 24.4 Å². The average molecular weight is 850 g/mol. The topological polar surface area (TPSA) is 69.6 Å². The highest BCUT2D eigenvalue weighted by Crippen LogP contribution is 2.42. The molecule has 0 radical (unpaired) electrons. The van der Waals surface area contributed by atoms with Crippen LogP contribution in [0.15, 0.2) is 217 Å². The van der Waals surface area contributed by atoms with Gasteiger partial charge in [-0.2, -0.15) is 0 Å². The van der Waals surface area contributed by atoms with Crippen LogP contribution >= 0.6 is 11.3 Å². The molecule has 0 atom stereocenters. The van der Waals surface area contributed by atoms with E-state index in [1.165, 1.54) is 31.3 Å². The molecule has 0 spiro atoms. The summed E-state index contributed by atoms with van der Waals surface area (Å²) in [5.41, 5.74) is 13.2. The Balaban J connectivity index is 0.864. The Kier molecular flexibility index (Phi) is 8.60. The molecular weight excluding hydrogens is 815 g/mol. The maximum atomic E-state index is 6.27. The van der Waals surface area contributed by atoms with Crippen molar-refractivity contribution in [3.05, 3.63) is 212 Å². The van der Waals surface area contributed by atoms with Gasteiger partial charge in [-0.25, -0.2) is 19.9 Å². The molecule has 9 aromatic carbocycles. The van der Waals surface area contributed by atoms with Crippen LogP contribution in [0.5, 0.6) is 0 Å². The molecule has 0 aliphatic rings. The molecule has 0 unspecified atom stereocenters. The van der Waals surface area contributed by atoms with Crippen LogP contribution in [-0.4, -0.2) is 24.5 Å². The third kappa shape index (κ3) is 6.40. The summed E-state index contributed by atoms with van der Waals surface area (Å²) in [6.45, 7) is 0. The molecule has 13 aromatic rings. The molecule has 304 valence electrons. The Labute approximate surface area is 377 Å². The number of nitrogens with zero attached hydrogens (tertiary/aromatic N) is 5. The Hall–Kier alpha value is -8.52. The monoisotopic (exact) mass is 849 g/mol. The van der Waals surface area contributed by atoms with Crippen LogP contribution < -0.4 is 0 Å². The first kappa shape index (κ1) is 37.1. The van der Waals surface area contributed by atoms with E-state index in [9.17, 15) is 0 Å². The molecule has 0 saturated carbocycles. The summed E-state index contributed by atoms with van der Waals surface area (Å²) >= 11 is 1.83. The fourth-order valence-electron chi connectivity index (χ4n) is 9.12. The van der Waals surface area contributed by atoms with Gasteiger partial charge in [0.25, 0.3) is 0 Å². The first-order valence-corrected chi connectivity index (χ1v) is 22.4. The summed E-state index contributed by atoms with van der Waals surface area (Å²) in [6, 6.07) is 74.0. The Morgan fingerprint density at radius 1 is 0.369 bits per heavy atom. The number of hydrogen-bond donors (Lipinski definition) is 0. The number of fused-ring (bicyclic) bond motifs is 7. The van der Waals surface area contributed by atoms with Gasteiger partial charge in [-0.1, -0.05) is 152 Å². The van der Waals surface area contributed by atoms with Gasteiger partial charge in [0, 0.05) is 58.9 Å². The maximum absolute atomic E-state index is 6.27. The predicted octanol–water partition coefficient (Wildman–Crippen LogP) is 15.5. The first-order chi connectivity index (χ1) is 32.2. The highest BCUT2D eigenvalue weighted by molar-refractivity contribution is 7.26. The van der Waals surface area contributed by atoms with Crippen molar-refractivity contribution in [2.45, 2.75) is 0 Å². The minimum Gasteiger partial charge on any atom is -0.456 e. The number of aromatic nitrogens is 5. The summed E-state index contributed by atoms with van der Waals surface area (Å²) in [5.74, 6) is 2.74. The Bertz CT molecular complexity index is 3950. The molecule has 0 bridgehead atoms. The molecule has 0 fully saturated rings. The van der Waals surface area contributed by atoms with Crippen LogP contribution in [0.25, 0.3) is 127 Å². The van der Waals surface area contributed by atoms with Gasteiger partial charge >= 0.3 is 0 Å². The fourth-order valence-corrected chi connectivity index (χ4v) is 10.3. The van der Waals surface area contributed by atoms with E-state index in [0.29, 0.717) is 17.5 Å². The molecule has 7 heteroatoms. The second-order valence-electron chi connectivity index (χ2n) is 16.2. The quantitative estimate of drug-likeness (QED) is 0.160. The Morgan fingerprint density at radius 2 is 0.985 bits per heavy atom. The van der Waals surface area contributed by atoms with E-state index in [1.54, 1.807) is 0 Å². The van der Waals surface area contributed by atoms with E-state index in [2.05, 4.69) is 150 Å². The van der Waals surface area contributed by atoms with Crippen LogP contribution in [0.3, 0.4) is 0 Å². The summed E-state index contributed by atoms with van der Waals surface area (Å²) < 4.78 is 11.0. The van der Waals surface area contributed by atoms with Gasteiger partial charge in [0.1, 0.15) is 17.0 Å².